The molecule has 24 heavy (non-hydrogen) atoms. The van der Waals surface area contributed by atoms with Crippen LogP contribution in [0.5, 0.6) is 0 Å². The lowest BCUT2D eigenvalue weighted by molar-refractivity contribution is -0.121. The number of rotatable bonds is 3. The molecular formula is C17H14F2N2O2S. The number of hydrogen-bond donors (Lipinski definition) is 1. The topological polar surface area (TPSA) is 49.4 Å². The van der Waals surface area contributed by atoms with Crippen molar-refractivity contribution in [3.63, 3.8) is 0 Å². The third-order valence-electron chi connectivity index (χ3n) is 3.59. The van der Waals surface area contributed by atoms with Crippen LogP contribution in [-0.2, 0) is 9.59 Å². The smallest absolute Gasteiger partial charge is 0.244 e. The summed E-state index contributed by atoms with van der Waals surface area (Å²) in [6.45, 7) is 1.60. The molecule has 0 fully saturated rings. The van der Waals surface area contributed by atoms with Crippen LogP contribution in [0.3, 0.4) is 0 Å². The first-order valence-electron chi connectivity index (χ1n) is 7.27. The summed E-state index contributed by atoms with van der Waals surface area (Å²) in [4.78, 5) is 26.4. The van der Waals surface area contributed by atoms with Crippen molar-refractivity contribution < 1.29 is 18.4 Å². The number of nitrogens with one attached hydrogen (secondary N) is 1. The molecule has 0 bridgehead atoms. The first-order valence-corrected chi connectivity index (χ1v) is 8.15. The average Bonchev–Trinajstić information content (AvgIpc) is 2.56. The second-order valence-electron chi connectivity index (χ2n) is 5.33. The lowest BCUT2D eigenvalue weighted by Gasteiger charge is -2.30. The van der Waals surface area contributed by atoms with Crippen LogP contribution in [0.4, 0.5) is 20.2 Å². The Hall–Kier alpha value is -2.41. The molecule has 3 rings (SSSR count). The molecule has 1 aliphatic heterocycles. The molecule has 1 heterocycles. The minimum Gasteiger partial charge on any atom is -0.323 e. The Labute approximate surface area is 141 Å². The number of carbonyl (C=O) groups is 2. The van der Waals surface area contributed by atoms with Crippen LogP contribution in [0.1, 0.15) is 6.92 Å². The Balaban J connectivity index is 1.80. The van der Waals surface area contributed by atoms with Gasteiger partial charge in [-0.3, -0.25) is 14.5 Å². The van der Waals surface area contributed by atoms with E-state index in [4.69, 9.17) is 0 Å². The monoisotopic (exact) mass is 348 g/mol. The lowest BCUT2D eigenvalue weighted by atomic mass is 10.2. The maximum Gasteiger partial charge on any atom is 0.244 e. The van der Waals surface area contributed by atoms with Crippen molar-refractivity contribution >= 4 is 35.0 Å². The zero-order valence-electron chi connectivity index (χ0n) is 12.8. The fourth-order valence-electron chi connectivity index (χ4n) is 2.45. The van der Waals surface area contributed by atoms with Gasteiger partial charge in [0.15, 0.2) is 11.6 Å². The molecule has 0 saturated carbocycles. The molecule has 7 heteroatoms. The third-order valence-corrected chi connectivity index (χ3v) is 4.67. The van der Waals surface area contributed by atoms with Gasteiger partial charge < -0.3 is 5.32 Å². The molecule has 124 valence electrons. The summed E-state index contributed by atoms with van der Waals surface area (Å²) >= 11 is 1.11. The van der Waals surface area contributed by atoms with Gasteiger partial charge in [-0.15, -0.1) is 11.8 Å². The number of para-hydroxylation sites is 2. The second kappa shape index (κ2) is 6.60. The van der Waals surface area contributed by atoms with Crippen LogP contribution in [0.2, 0.25) is 0 Å². The van der Waals surface area contributed by atoms with Crippen LogP contribution in [0.15, 0.2) is 47.4 Å². The third kappa shape index (κ3) is 3.26. The maximum atomic E-state index is 13.3. The Bertz CT molecular complexity index is 813. The number of fused-ring (bicyclic) bond motifs is 1. The fourth-order valence-corrected chi connectivity index (χ4v) is 3.41. The van der Waals surface area contributed by atoms with E-state index in [2.05, 4.69) is 5.32 Å². The van der Waals surface area contributed by atoms with E-state index in [1.165, 1.54) is 11.0 Å². The van der Waals surface area contributed by atoms with E-state index in [0.29, 0.717) is 16.3 Å². The van der Waals surface area contributed by atoms with E-state index in [1.807, 2.05) is 0 Å². The molecule has 0 radical (unpaired) electrons. The van der Waals surface area contributed by atoms with Crippen molar-refractivity contribution in [1.29, 1.82) is 0 Å². The van der Waals surface area contributed by atoms with Gasteiger partial charge in [-0.25, -0.2) is 8.78 Å². The van der Waals surface area contributed by atoms with Crippen LogP contribution in [0.25, 0.3) is 0 Å². The molecule has 0 aliphatic carbocycles. The van der Waals surface area contributed by atoms with Gasteiger partial charge in [0.05, 0.1) is 16.6 Å². The average molecular weight is 348 g/mol. The molecule has 2 aromatic carbocycles. The van der Waals surface area contributed by atoms with Crippen molar-refractivity contribution in [2.45, 2.75) is 17.1 Å². The van der Waals surface area contributed by atoms with Gasteiger partial charge in [0.25, 0.3) is 0 Å². The first-order chi connectivity index (χ1) is 11.5. The SMILES string of the molecule is C[C@H](Sc1ccc(F)c(F)c1)C(=O)N1CC(=O)Nc2ccccc21. The van der Waals surface area contributed by atoms with Gasteiger partial charge in [0.2, 0.25) is 11.8 Å². The largest absolute Gasteiger partial charge is 0.323 e. The second-order valence-corrected chi connectivity index (χ2v) is 6.74. The highest BCUT2D eigenvalue weighted by atomic mass is 32.2. The highest BCUT2D eigenvalue weighted by Gasteiger charge is 2.30. The molecule has 0 spiro atoms. The predicted molar refractivity (Wildman–Crippen MR) is 89.1 cm³/mol. The summed E-state index contributed by atoms with van der Waals surface area (Å²) < 4.78 is 26.3. The number of halogens is 2. The number of thioether (sulfide) groups is 1. The number of amides is 2. The quantitative estimate of drug-likeness (QED) is 0.865. The molecule has 2 amide bonds. The maximum absolute atomic E-state index is 13.3. The highest BCUT2D eigenvalue weighted by Crippen LogP contribution is 2.32. The standard InChI is InChI=1S/C17H14F2N2O2S/c1-10(24-11-6-7-12(18)13(19)8-11)17(23)21-9-16(22)20-14-4-2-3-5-15(14)21/h2-8,10H,9H2,1H3,(H,20,22)/t10-/m0/s1. The summed E-state index contributed by atoms with van der Waals surface area (Å²) in [5, 5.41) is 2.15. The number of benzene rings is 2. The number of anilines is 2. The van der Waals surface area contributed by atoms with Gasteiger partial charge in [-0.1, -0.05) is 12.1 Å². The van der Waals surface area contributed by atoms with E-state index in [9.17, 15) is 18.4 Å². The minimum absolute atomic E-state index is 0.0709. The van der Waals surface area contributed by atoms with E-state index in [0.717, 1.165) is 23.9 Å². The molecule has 4 nitrogen and oxygen atoms in total. The Morgan fingerprint density at radius 1 is 1.21 bits per heavy atom. The fraction of sp³-hybridized carbons (Fsp3) is 0.176. The molecule has 1 aliphatic rings. The molecular weight excluding hydrogens is 334 g/mol. The zero-order chi connectivity index (χ0) is 17.3. The van der Waals surface area contributed by atoms with Crippen LogP contribution >= 0.6 is 11.8 Å². The molecule has 0 saturated heterocycles. The molecule has 0 aromatic heterocycles. The number of carbonyl (C=O) groups excluding carboxylic acids is 2. The van der Waals surface area contributed by atoms with Gasteiger partial charge in [-0.05, 0) is 37.3 Å². The van der Waals surface area contributed by atoms with Crippen molar-refractivity contribution in [3.05, 3.63) is 54.1 Å². The van der Waals surface area contributed by atoms with E-state index >= 15 is 0 Å². The molecule has 2 aromatic rings. The zero-order valence-corrected chi connectivity index (χ0v) is 13.6. The van der Waals surface area contributed by atoms with Gasteiger partial charge in [0, 0.05) is 4.90 Å². The van der Waals surface area contributed by atoms with Crippen molar-refractivity contribution in [1.82, 2.24) is 0 Å². The lowest BCUT2D eigenvalue weighted by Crippen LogP contribution is -2.45. The summed E-state index contributed by atoms with van der Waals surface area (Å²) in [7, 11) is 0. The van der Waals surface area contributed by atoms with Gasteiger partial charge in [0.1, 0.15) is 6.54 Å². The van der Waals surface area contributed by atoms with Crippen molar-refractivity contribution in [3.8, 4) is 0 Å². The van der Waals surface area contributed by atoms with Crippen molar-refractivity contribution in [2.75, 3.05) is 16.8 Å². The predicted octanol–water partition coefficient (Wildman–Crippen LogP) is 3.43. The molecule has 0 unspecified atom stereocenters. The van der Waals surface area contributed by atoms with E-state index < -0.39 is 16.9 Å². The summed E-state index contributed by atoms with van der Waals surface area (Å²) in [6.07, 6.45) is 0. The number of hydrogen-bond acceptors (Lipinski definition) is 3. The highest BCUT2D eigenvalue weighted by molar-refractivity contribution is 8.00. The number of nitrogens with zero attached hydrogens (tertiary/aromatic N) is 1. The molecule has 1 N–H and O–H groups in total. The van der Waals surface area contributed by atoms with Crippen LogP contribution < -0.4 is 10.2 Å². The molecule has 1 atom stereocenters. The normalized spacial score (nSPS) is 14.8. The summed E-state index contributed by atoms with van der Waals surface area (Å²) in [5.41, 5.74) is 1.20. The van der Waals surface area contributed by atoms with Crippen LogP contribution in [-0.4, -0.2) is 23.6 Å². The summed E-state index contributed by atoms with van der Waals surface area (Å²) in [5.74, 6) is -2.43. The van der Waals surface area contributed by atoms with Gasteiger partial charge >= 0.3 is 0 Å². The Kier molecular flexibility index (Phi) is 4.53. The van der Waals surface area contributed by atoms with Crippen molar-refractivity contribution in [2.24, 2.45) is 0 Å². The van der Waals surface area contributed by atoms with Crippen LogP contribution in [0, 0.1) is 11.6 Å². The van der Waals surface area contributed by atoms with E-state index in [1.54, 1.807) is 31.2 Å². The van der Waals surface area contributed by atoms with E-state index in [-0.39, 0.29) is 18.4 Å². The Morgan fingerprint density at radius 3 is 2.71 bits per heavy atom. The van der Waals surface area contributed by atoms with Gasteiger partial charge in [-0.2, -0.15) is 0 Å². The summed E-state index contributed by atoms with van der Waals surface area (Å²) in [6, 6.07) is 10.5. The minimum atomic E-state index is -0.956. The Morgan fingerprint density at radius 2 is 1.96 bits per heavy atom. The first kappa shape index (κ1) is 16.4.